The molecule has 0 radical (unpaired) electrons. The van der Waals surface area contributed by atoms with Gasteiger partial charge in [0.2, 0.25) is 0 Å². The predicted molar refractivity (Wildman–Crippen MR) is 37.6 cm³/mol. The van der Waals surface area contributed by atoms with Gasteiger partial charge in [-0.25, -0.2) is 4.98 Å². The second-order valence-electron chi connectivity index (χ2n) is 1.53. The van der Waals surface area contributed by atoms with Crippen molar-refractivity contribution in [2.75, 3.05) is 0 Å². The van der Waals surface area contributed by atoms with Gasteiger partial charge in [0.15, 0.2) is 0 Å². The van der Waals surface area contributed by atoms with Crippen LogP contribution in [0.2, 0.25) is 0 Å². The number of rotatable bonds is 1. The molecule has 0 fully saturated rings. The summed E-state index contributed by atoms with van der Waals surface area (Å²) in [5, 5.41) is 0. The topological polar surface area (TPSA) is 51.8 Å². The highest BCUT2D eigenvalue weighted by Gasteiger charge is 1.89. The Hall–Kier alpha value is -0.480. The molecule has 3 nitrogen and oxygen atoms in total. The number of hydrogen-bond donors (Lipinski definition) is 1. The highest BCUT2D eigenvalue weighted by molar-refractivity contribution is 9.10. The molecule has 0 aliphatic carbocycles. The van der Waals surface area contributed by atoms with Crippen LogP contribution in [-0.2, 0) is 6.54 Å². The van der Waals surface area contributed by atoms with E-state index < -0.39 is 0 Å². The minimum Gasteiger partial charge on any atom is -0.325 e. The molecule has 0 aliphatic heterocycles. The van der Waals surface area contributed by atoms with Crippen molar-refractivity contribution in [1.82, 2.24) is 9.97 Å². The van der Waals surface area contributed by atoms with Gasteiger partial charge in [-0.2, -0.15) is 0 Å². The first-order valence-corrected chi connectivity index (χ1v) is 3.28. The maximum atomic E-state index is 5.28. The largest absolute Gasteiger partial charge is 0.325 e. The summed E-state index contributed by atoms with van der Waals surface area (Å²) in [6.45, 7) is 0.445. The minimum atomic E-state index is 0.445. The maximum absolute atomic E-state index is 5.28. The normalized spacial score (nSPS) is 9.56. The summed E-state index contributed by atoms with van der Waals surface area (Å²) in [5.41, 5.74) is 6.09. The average molecular weight is 188 g/mol. The summed E-state index contributed by atoms with van der Waals surface area (Å²) in [6, 6.07) is 0. The van der Waals surface area contributed by atoms with Crippen molar-refractivity contribution >= 4 is 15.9 Å². The van der Waals surface area contributed by atoms with Crippen LogP contribution in [-0.4, -0.2) is 9.97 Å². The van der Waals surface area contributed by atoms with E-state index in [0.717, 1.165) is 10.3 Å². The zero-order valence-electron chi connectivity index (χ0n) is 4.71. The third-order valence-corrected chi connectivity index (χ3v) is 1.29. The minimum absolute atomic E-state index is 0.445. The molecular formula is C5H6BrN3. The van der Waals surface area contributed by atoms with Crippen molar-refractivity contribution in [3.05, 3.63) is 22.7 Å². The van der Waals surface area contributed by atoms with Crippen LogP contribution in [0.15, 0.2) is 17.0 Å². The standard InChI is InChI=1S/C5H6BrN3/c6-5-3-8-4(1-7)2-9-5/h2-3H,1,7H2. The summed E-state index contributed by atoms with van der Waals surface area (Å²) in [6.07, 6.45) is 3.27. The van der Waals surface area contributed by atoms with Crippen LogP contribution in [0.25, 0.3) is 0 Å². The molecule has 0 atom stereocenters. The van der Waals surface area contributed by atoms with Crippen LogP contribution in [0.1, 0.15) is 5.69 Å². The molecule has 9 heavy (non-hydrogen) atoms. The monoisotopic (exact) mass is 187 g/mol. The summed E-state index contributed by atoms with van der Waals surface area (Å²) in [5.74, 6) is 0. The van der Waals surface area contributed by atoms with E-state index in [1.807, 2.05) is 0 Å². The van der Waals surface area contributed by atoms with Crippen LogP contribution < -0.4 is 5.73 Å². The first kappa shape index (κ1) is 6.64. The lowest BCUT2D eigenvalue weighted by Crippen LogP contribution is -1.99. The van der Waals surface area contributed by atoms with Crippen molar-refractivity contribution < 1.29 is 0 Å². The Kier molecular flexibility index (Phi) is 2.13. The van der Waals surface area contributed by atoms with Crippen LogP contribution in [0, 0.1) is 0 Å². The second kappa shape index (κ2) is 2.89. The molecule has 48 valence electrons. The van der Waals surface area contributed by atoms with Gasteiger partial charge >= 0.3 is 0 Å². The Morgan fingerprint density at radius 1 is 1.44 bits per heavy atom. The van der Waals surface area contributed by atoms with E-state index in [4.69, 9.17) is 5.73 Å². The lowest BCUT2D eigenvalue weighted by molar-refractivity contribution is 0.955. The van der Waals surface area contributed by atoms with Gasteiger partial charge in [0.25, 0.3) is 0 Å². The molecule has 0 saturated heterocycles. The molecule has 2 N–H and O–H groups in total. The summed E-state index contributed by atoms with van der Waals surface area (Å²) < 4.78 is 0.736. The van der Waals surface area contributed by atoms with E-state index in [-0.39, 0.29) is 0 Å². The third-order valence-electron chi connectivity index (χ3n) is 0.883. The fourth-order valence-electron chi connectivity index (χ4n) is 0.444. The van der Waals surface area contributed by atoms with Gasteiger partial charge in [0.1, 0.15) is 4.60 Å². The third kappa shape index (κ3) is 1.73. The molecule has 0 amide bonds. The molecular weight excluding hydrogens is 182 g/mol. The number of halogens is 1. The Balaban J connectivity index is 2.88. The lowest BCUT2D eigenvalue weighted by atomic mass is 10.5. The summed E-state index contributed by atoms with van der Waals surface area (Å²) >= 11 is 3.16. The van der Waals surface area contributed by atoms with E-state index in [9.17, 15) is 0 Å². The van der Waals surface area contributed by atoms with Crippen LogP contribution in [0.3, 0.4) is 0 Å². The zero-order chi connectivity index (χ0) is 6.69. The molecule has 1 aromatic heterocycles. The Morgan fingerprint density at radius 2 is 2.22 bits per heavy atom. The van der Waals surface area contributed by atoms with Crippen molar-refractivity contribution in [2.24, 2.45) is 5.73 Å². The molecule has 0 aliphatic rings. The van der Waals surface area contributed by atoms with Crippen molar-refractivity contribution in [3.63, 3.8) is 0 Å². The average Bonchev–Trinajstić information content (AvgIpc) is 1.90. The molecule has 0 aromatic carbocycles. The molecule has 0 bridgehead atoms. The zero-order valence-corrected chi connectivity index (χ0v) is 6.30. The van der Waals surface area contributed by atoms with E-state index in [1.165, 1.54) is 0 Å². The Labute approximate surface area is 61.4 Å². The molecule has 1 heterocycles. The van der Waals surface area contributed by atoms with Gasteiger partial charge in [-0.15, -0.1) is 0 Å². The number of hydrogen-bond acceptors (Lipinski definition) is 3. The van der Waals surface area contributed by atoms with Gasteiger partial charge in [0.05, 0.1) is 18.1 Å². The fourth-order valence-corrected chi connectivity index (χ4v) is 0.649. The van der Waals surface area contributed by atoms with Gasteiger partial charge in [0, 0.05) is 6.54 Å². The van der Waals surface area contributed by atoms with Gasteiger partial charge in [-0.05, 0) is 15.9 Å². The molecule has 0 spiro atoms. The maximum Gasteiger partial charge on any atom is 0.124 e. The number of nitrogens with two attached hydrogens (primary N) is 1. The molecule has 1 rings (SSSR count). The van der Waals surface area contributed by atoms with E-state index in [2.05, 4.69) is 25.9 Å². The number of nitrogens with zero attached hydrogens (tertiary/aromatic N) is 2. The Morgan fingerprint density at radius 3 is 2.67 bits per heavy atom. The van der Waals surface area contributed by atoms with Gasteiger partial charge in [-0.3, -0.25) is 4.98 Å². The summed E-state index contributed by atoms with van der Waals surface area (Å²) in [4.78, 5) is 7.89. The quantitative estimate of drug-likeness (QED) is 0.705. The van der Waals surface area contributed by atoms with Crippen molar-refractivity contribution in [3.8, 4) is 0 Å². The van der Waals surface area contributed by atoms with E-state index >= 15 is 0 Å². The highest BCUT2D eigenvalue weighted by atomic mass is 79.9. The van der Waals surface area contributed by atoms with Crippen LogP contribution >= 0.6 is 15.9 Å². The fraction of sp³-hybridized carbons (Fsp3) is 0.200. The molecule has 1 aromatic rings. The second-order valence-corrected chi connectivity index (χ2v) is 2.35. The first-order chi connectivity index (χ1) is 4.33. The molecule has 4 heteroatoms. The first-order valence-electron chi connectivity index (χ1n) is 2.49. The molecule has 0 saturated carbocycles. The molecule has 0 unspecified atom stereocenters. The van der Waals surface area contributed by atoms with Gasteiger partial charge in [-0.1, -0.05) is 0 Å². The van der Waals surface area contributed by atoms with Gasteiger partial charge < -0.3 is 5.73 Å². The smallest absolute Gasteiger partial charge is 0.124 e. The van der Waals surface area contributed by atoms with Crippen molar-refractivity contribution in [1.29, 1.82) is 0 Å². The van der Waals surface area contributed by atoms with Crippen molar-refractivity contribution in [2.45, 2.75) is 6.54 Å². The van der Waals surface area contributed by atoms with E-state index in [0.29, 0.717) is 6.54 Å². The Bertz CT molecular complexity index is 184. The lowest BCUT2D eigenvalue weighted by Gasteiger charge is -1.91. The highest BCUT2D eigenvalue weighted by Crippen LogP contribution is 2.01. The number of aromatic nitrogens is 2. The van der Waals surface area contributed by atoms with Crippen LogP contribution in [0.5, 0.6) is 0 Å². The predicted octanol–water partition coefficient (Wildman–Crippen LogP) is 0.698. The SMILES string of the molecule is NCc1cnc(Br)cn1. The van der Waals surface area contributed by atoms with Crippen LogP contribution in [0.4, 0.5) is 0 Å². The summed E-state index contributed by atoms with van der Waals surface area (Å²) in [7, 11) is 0. The van der Waals surface area contributed by atoms with E-state index in [1.54, 1.807) is 12.4 Å².